The molecule has 0 aromatic heterocycles. The van der Waals surface area contributed by atoms with Crippen molar-refractivity contribution in [3.05, 3.63) is 12.7 Å². The van der Waals surface area contributed by atoms with Crippen LogP contribution < -0.4 is 10.6 Å². The van der Waals surface area contributed by atoms with Crippen LogP contribution in [-0.2, 0) is 4.74 Å². The van der Waals surface area contributed by atoms with Crippen LogP contribution in [0.4, 0.5) is 4.79 Å². The lowest BCUT2D eigenvalue weighted by atomic mass is 10.2. The molecule has 21 heavy (non-hydrogen) atoms. The van der Waals surface area contributed by atoms with Crippen molar-refractivity contribution in [2.75, 3.05) is 26.7 Å². The van der Waals surface area contributed by atoms with E-state index in [1.165, 1.54) is 0 Å². The minimum atomic E-state index is -0.468. The highest BCUT2D eigenvalue weighted by Crippen LogP contribution is 2.11. The molecule has 1 aliphatic rings. The largest absolute Gasteiger partial charge is 0.444 e. The minimum absolute atomic E-state index is 0. The van der Waals surface area contributed by atoms with Crippen LogP contribution in [0, 0.1) is 0 Å². The van der Waals surface area contributed by atoms with Crippen molar-refractivity contribution < 1.29 is 9.53 Å². The van der Waals surface area contributed by atoms with Gasteiger partial charge >= 0.3 is 6.09 Å². The zero-order valence-corrected chi connectivity index (χ0v) is 15.6. The maximum absolute atomic E-state index is 11.7. The summed E-state index contributed by atoms with van der Waals surface area (Å²) in [5.41, 5.74) is -0.468. The molecule has 0 saturated carbocycles. The summed E-state index contributed by atoms with van der Waals surface area (Å²) in [6.07, 6.45) is 2.31. The second kappa shape index (κ2) is 9.11. The number of rotatable bonds is 3. The van der Waals surface area contributed by atoms with Crippen LogP contribution in [0.1, 0.15) is 27.2 Å². The zero-order chi connectivity index (χ0) is 15.2. The number of aliphatic imine (C=N–C) groups is 1. The van der Waals surface area contributed by atoms with Crippen molar-refractivity contribution in [1.29, 1.82) is 0 Å². The number of amides is 1. The summed E-state index contributed by atoms with van der Waals surface area (Å²) in [7, 11) is 1.75. The average Bonchev–Trinajstić information content (AvgIpc) is 2.76. The highest BCUT2D eigenvalue weighted by molar-refractivity contribution is 14.0. The average molecular weight is 410 g/mol. The van der Waals surface area contributed by atoms with Crippen LogP contribution >= 0.6 is 24.0 Å². The highest BCUT2D eigenvalue weighted by atomic mass is 127. The van der Waals surface area contributed by atoms with E-state index < -0.39 is 5.60 Å². The number of carbonyl (C=O) groups excluding carboxylic acids is 1. The first-order valence-electron chi connectivity index (χ1n) is 6.91. The summed E-state index contributed by atoms with van der Waals surface area (Å²) in [5.74, 6) is 0.832. The van der Waals surface area contributed by atoms with Crippen molar-refractivity contribution in [3.63, 3.8) is 0 Å². The molecule has 7 heteroatoms. The zero-order valence-electron chi connectivity index (χ0n) is 13.3. The van der Waals surface area contributed by atoms with E-state index in [2.05, 4.69) is 27.1 Å². The van der Waals surface area contributed by atoms with Gasteiger partial charge in [0.1, 0.15) is 5.60 Å². The van der Waals surface area contributed by atoms with Gasteiger partial charge in [-0.25, -0.2) is 4.79 Å². The third kappa shape index (κ3) is 7.54. The van der Waals surface area contributed by atoms with Crippen LogP contribution in [0.3, 0.4) is 0 Å². The van der Waals surface area contributed by atoms with Gasteiger partial charge in [0, 0.05) is 26.7 Å². The molecular weight excluding hydrogens is 383 g/mol. The normalized spacial score (nSPS) is 18.8. The van der Waals surface area contributed by atoms with Crippen LogP contribution in [0.2, 0.25) is 0 Å². The predicted octanol–water partition coefficient (Wildman–Crippen LogP) is 1.96. The van der Waals surface area contributed by atoms with Crippen molar-refractivity contribution in [1.82, 2.24) is 15.5 Å². The monoisotopic (exact) mass is 410 g/mol. The maximum Gasteiger partial charge on any atom is 0.407 e. The Morgan fingerprint density at radius 2 is 2.19 bits per heavy atom. The Balaban J connectivity index is 0.00000400. The van der Waals surface area contributed by atoms with Gasteiger partial charge in [-0.15, -0.1) is 30.6 Å². The molecule has 0 aromatic carbocycles. The third-order valence-electron chi connectivity index (χ3n) is 2.82. The van der Waals surface area contributed by atoms with Crippen molar-refractivity contribution >= 4 is 36.0 Å². The fourth-order valence-corrected chi connectivity index (χ4v) is 2.04. The van der Waals surface area contributed by atoms with Gasteiger partial charge in [-0.3, -0.25) is 4.99 Å². The number of carbonyl (C=O) groups is 1. The predicted molar refractivity (Wildman–Crippen MR) is 96.3 cm³/mol. The minimum Gasteiger partial charge on any atom is -0.444 e. The Kier molecular flexibility index (Phi) is 8.68. The first-order chi connectivity index (χ1) is 9.35. The van der Waals surface area contributed by atoms with Crippen molar-refractivity contribution in [2.45, 2.75) is 38.8 Å². The van der Waals surface area contributed by atoms with Gasteiger partial charge < -0.3 is 20.3 Å². The number of alkyl carbamates (subject to hydrolysis) is 1. The molecule has 1 aliphatic heterocycles. The Hall–Kier alpha value is -0.990. The molecule has 0 radical (unpaired) electrons. The van der Waals surface area contributed by atoms with Crippen LogP contribution in [0.15, 0.2) is 17.6 Å². The maximum atomic E-state index is 11.7. The molecule has 122 valence electrons. The van der Waals surface area contributed by atoms with Gasteiger partial charge in [0.2, 0.25) is 0 Å². The van der Waals surface area contributed by atoms with Crippen LogP contribution in [0.5, 0.6) is 0 Å². The van der Waals surface area contributed by atoms with Gasteiger partial charge in [-0.2, -0.15) is 0 Å². The van der Waals surface area contributed by atoms with E-state index in [-0.39, 0.29) is 36.1 Å². The number of guanidine groups is 1. The molecule has 0 spiro atoms. The molecule has 1 unspecified atom stereocenters. The number of nitrogens with one attached hydrogen (secondary N) is 2. The fourth-order valence-electron chi connectivity index (χ4n) is 2.04. The smallest absolute Gasteiger partial charge is 0.407 e. The van der Waals surface area contributed by atoms with Gasteiger partial charge in [0.05, 0.1) is 6.04 Å². The first-order valence-corrected chi connectivity index (χ1v) is 6.91. The summed E-state index contributed by atoms with van der Waals surface area (Å²) in [6.45, 7) is 11.5. The van der Waals surface area contributed by atoms with Gasteiger partial charge in [-0.05, 0) is 27.2 Å². The molecule has 6 nitrogen and oxygen atoms in total. The Morgan fingerprint density at radius 1 is 1.52 bits per heavy atom. The lowest BCUT2D eigenvalue weighted by Gasteiger charge is -2.23. The first kappa shape index (κ1) is 20.0. The summed E-state index contributed by atoms with van der Waals surface area (Å²) >= 11 is 0. The number of ether oxygens (including phenoxy) is 1. The van der Waals surface area contributed by atoms with E-state index in [0.29, 0.717) is 6.54 Å². The summed E-state index contributed by atoms with van der Waals surface area (Å²) in [5, 5.41) is 6.08. The number of hydrogen-bond acceptors (Lipinski definition) is 3. The quantitative estimate of drug-likeness (QED) is 0.323. The molecule has 0 aliphatic carbocycles. The fraction of sp³-hybridized carbons (Fsp3) is 0.714. The lowest BCUT2D eigenvalue weighted by molar-refractivity contribution is 0.0507. The molecule has 2 N–H and O–H groups in total. The summed E-state index contributed by atoms with van der Waals surface area (Å²) in [6, 6.07) is 0.0899. The number of nitrogens with zero attached hydrogens (tertiary/aromatic N) is 2. The molecule has 1 atom stereocenters. The van der Waals surface area contributed by atoms with E-state index in [0.717, 1.165) is 25.5 Å². The molecule has 0 bridgehead atoms. The second-order valence-electron chi connectivity index (χ2n) is 5.79. The number of hydrogen-bond donors (Lipinski definition) is 2. The molecule has 1 fully saturated rings. The number of halogens is 1. The Labute approximate surface area is 144 Å². The van der Waals surface area contributed by atoms with E-state index in [4.69, 9.17) is 4.74 Å². The summed E-state index contributed by atoms with van der Waals surface area (Å²) < 4.78 is 5.26. The topological polar surface area (TPSA) is 66.0 Å². The van der Waals surface area contributed by atoms with E-state index in [1.807, 2.05) is 20.8 Å². The lowest BCUT2D eigenvalue weighted by Crippen LogP contribution is -2.44. The van der Waals surface area contributed by atoms with E-state index in [9.17, 15) is 4.79 Å². The molecule has 1 rings (SSSR count). The van der Waals surface area contributed by atoms with Gasteiger partial charge in [-0.1, -0.05) is 6.08 Å². The molecule has 1 saturated heterocycles. The second-order valence-corrected chi connectivity index (χ2v) is 5.79. The highest BCUT2D eigenvalue weighted by Gasteiger charge is 2.27. The Bertz CT molecular complexity index is 380. The molecular formula is C14H27IN4O2. The standard InChI is InChI=1S/C14H26N4O2.HI/c1-6-8-16-12(15-5)18-9-7-11(10-18)17-13(19)20-14(2,3)4;/h6,11H,1,7-10H2,2-5H3,(H,15,16)(H,17,19);1H. The van der Waals surface area contributed by atoms with Crippen molar-refractivity contribution in [3.8, 4) is 0 Å². The molecule has 0 aromatic rings. The van der Waals surface area contributed by atoms with Gasteiger partial charge in [0.15, 0.2) is 5.96 Å². The van der Waals surface area contributed by atoms with E-state index in [1.54, 1.807) is 13.1 Å². The SMILES string of the molecule is C=CCNC(=NC)N1CCC(NC(=O)OC(C)(C)C)C1.I. The third-order valence-corrected chi connectivity index (χ3v) is 2.82. The van der Waals surface area contributed by atoms with Crippen molar-refractivity contribution in [2.24, 2.45) is 4.99 Å². The summed E-state index contributed by atoms with van der Waals surface area (Å²) in [4.78, 5) is 18.1. The Morgan fingerprint density at radius 3 is 2.71 bits per heavy atom. The van der Waals surface area contributed by atoms with Crippen LogP contribution in [0.25, 0.3) is 0 Å². The molecule has 1 amide bonds. The molecule has 1 heterocycles. The van der Waals surface area contributed by atoms with Gasteiger partial charge in [0.25, 0.3) is 0 Å². The van der Waals surface area contributed by atoms with E-state index >= 15 is 0 Å². The number of likely N-dealkylation sites (tertiary alicyclic amines) is 1. The van der Waals surface area contributed by atoms with Crippen LogP contribution in [-0.4, -0.2) is 55.3 Å².